The van der Waals surface area contributed by atoms with Crippen molar-refractivity contribution < 1.29 is 9.53 Å². The van der Waals surface area contributed by atoms with Crippen LogP contribution >= 0.6 is 0 Å². The van der Waals surface area contributed by atoms with Crippen LogP contribution in [0.2, 0.25) is 0 Å². The van der Waals surface area contributed by atoms with Gasteiger partial charge in [-0.15, -0.1) is 5.10 Å². The summed E-state index contributed by atoms with van der Waals surface area (Å²) >= 11 is 0. The third-order valence-electron chi connectivity index (χ3n) is 3.53. The van der Waals surface area contributed by atoms with Gasteiger partial charge in [-0.05, 0) is 41.8 Å². The predicted octanol–water partition coefficient (Wildman–Crippen LogP) is 0.789. The average molecular weight is 287 g/mol. The molecule has 0 saturated heterocycles. The highest BCUT2D eigenvalue weighted by molar-refractivity contribution is 5.76. The van der Waals surface area contributed by atoms with Crippen molar-refractivity contribution in [2.45, 2.75) is 38.0 Å². The monoisotopic (exact) mass is 287 g/mol. The van der Waals surface area contributed by atoms with E-state index in [1.54, 1.807) is 0 Å². The lowest BCUT2D eigenvalue weighted by Gasteiger charge is -2.22. The van der Waals surface area contributed by atoms with Crippen LogP contribution in [0.15, 0.2) is 36.7 Å². The van der Waals surface area contributed by atoms with Gasteiger partial charge in [0.2, 0.25) is 5.91 Å². The first-order valence-electron chi connectivity index (χ1n) is 7.03. The van der Waals surface area contributed by atoms with Crippen LogP contribution < -0.4 is 10.1 Å². The van der Waals surface area contributed by atoms with Gasteiger partial charge in [0.05, 0.1) is 6.04 Å². The molecule has 0 radical (unpaired) electrons. The molecule has 1 saturated carbocycles. The SMILES string of the molecule is O=C(Cn1cnnn1)NC1CCCC1Oc1ccccc1. The highest BCUT2D eigenvalue weighted by Gasteiger charge is 2.30. The molecule has 21 heavy (non-hydrogen) atoms. The molecule has 110 valence electrons. The van der Waals surface area contributed by atoms with Gasteiger partial charge in [-0.2, -0.15) is 0 Å². The number of aromatic nitrogens is 4. The summed E-state index contributed by atoms with van der Waals surface area (Å²) in [6.07, 6.45) is 4.37. The minimum absolute atomic E-state index is 0.0187. The fourth-order valence-electron chi connectivity index (χ4n) is 2.56. The molecule has 0 aliphatic heterocycles. The largest absolute Gasteiger partial charge is 0.488 e. The number of nitrogens with zero attached hydrogens (tertiary/aromatic N) is 4. The van der Waals surface area contributed by atoms with E-state index in [4.69, 9.17) is 4.74 Å². The van der Waals surface area contributed by atoms with E-state index in [1.807, 2.05) is 30.3 Å². The maximum Gasteiger partial charge on any atom is 0.242 e. The first-order chi connectivity index (χ1) is 10.3. The molecular formula is C14H17N5O2. The number of rotatable bonds is 5. The number of tetrazole rings is 1. The lowest BCUT2D eigenvalue weighted by molar-refractivity contribution is -0.123. The van der Waals surface area contributed by atoms with Crippen LogP contribution in [0, 0.1) is 0 Å². The van der Waals surface area contributed by atoms with Gasteiger partial charge in [0, 0.05) is 0 Å². The minimum Gasteiger partial charge on any atom is -0.488 e. The van der Waals surface area contributed by atoms with Gasteiger partial charge in [0.15, 0.2) is 0 Å². The van der Waals surface area contributed by atoms with Crippen molar-refractivity contribution in [2.24, 2.45) is 0 Å². The number of nitrogens with one attached hydrogen (secondary N) is 1. The maximum atomic E-state index is 12.0. The van der Waals surface area contributed by atoms with Crippen molar-refractivity contribution >= 4 is 5.91 Å². The summed E-state index contributed by atoms with van der Waals surface area (Å²) in [5, 5.41) is 13.7. The third-order valence-corrected chi connectivity index (χ3v) is 3.53. The van der Waals surface area contributed by atoms with Crippen molar-refractivity contribution in [3.8, 4) is 5.75 Å². The summed E-state index contributed by atoms with van der Waals surface area (Å²) in [4.78, 5) is 12.0. The highest BCUT2D eigenvalue weighted by Crippen LogP contribution is 2.24. The molecule has 3 rings (SSSR count). The lowest BCUT2D eigenvalue weighted by atomic mass is 10.2. The van der Waals surface area contributed by atoms with Gasteiger partial charge in [-0.3, -0.25) is 4.79 Å². The number of benzene rings is 1. The van der Waals surface area contributed by atoms with E-state index in [0.717, 1.165) is 25.0 Å². The van der Waals surface area contributed by atoms with Gasteiger partial charge in [-0.25, -0.2) is 4.68 Å². The molecule has 2 atom stereocenters. The van der Waals surface area contributed by atoms with Crippen molar-refractivity contribution in [1.29, 1.82) is 0 Å². The van der Waals surface area contributed by atoms with Crippen LogP contribution in [0.4, 0.5) is 0 Å². The summed E-state index contributed by atoms with van der Waals surface area (Å²) in [6, 6.07) is 9.73. The van der Waals surface area contributed by atoms with Crippen LogP contribution in [0.5, 0.6) is 5.75 Å². The van der Waals surface area contributed by atoms with Crippen molar-refractivity contribution in [1.82, 2.24) is 25.5 Å². The Hall–Kier alpha value is -2.44. The number of carbonyl (C=O) groups excluding carboxylic acids is 1. The molecule has 1 heterocycles. The molecule has 1 N–H and O–H groups in total. The summed E-state index contributed by atoms with van der Waals surface area (Å²) < 4.78 is 7.36. The molecule has 2 unspecified atom stereocenters. The first kappa shape index (κ1) is 13.5. The van der Waals surface area contributed by atoms with E-state index >= 15 is 0 Å². The van der Waals surface area contributed by atoms with Crippen LogP contribution in [-0.4, -0.2) is 38.3 Å². The number of ether oxygens (including phenoxy) is 1. The summed E-state index contributed by atoms with van der Waals surface area (Å²) in [6.45, 7) is 0.127. The number of carbonyl (C=O) groups is 1. The smallest absolute Gasteiger partial charge is 0.242 e. The predicted molar refractivity (Wildman–Crippen MR) is 74.5 cm³/mol. The normalized spacial score (nSPS) is 21.1. The summed E-state index contributed by atoms with van der Waals surface area (Å²) in [7, 11) is 0. The summed E-state index contributed by atoms with van der Waals surface area (Å²) in [5.41, 5.74) is 0. The fraction of sp³-hybridized carbons (Fsp3) is 0.429. The van der Waals surface area contributed by atoms with E-state index in [1.165, 1.54) is 11.0 Å². The van der Waals surface area contributed by atoms with Crippen LogP contribution in [0.3, 0.4) is 0 Å². The Bertz CT molecular complexity index is 572. The molecular weight excluding hydrogens is 270 g/mol. The Balaban J connectivity index is 1.55. The average Bonchev–Trinajstić information content (AvgIpc) is 3.13. The van der Waals surface area contributed by atoms with E-state index in [2.05, 4.69) is 20.8 Å². The first-order valence-corrected chi connectivity index (χ1v) is 7.03. The Kier molecular flexibility index (Phi) is 4.09. The standard InChI is InChI=1S/C14H17N5O2/c20-14(9-19-10-15-17-18-19)16-12-7-4-8-13(12)21-11-5-2-1-3-6-11/h1-3,5-6,10,12-13H,4,7-9H2,(H,16,20). The second kappa shape index (κ2) is 6.34. The Morgan fingerprint density at radius 1 is 1.33 bits per heavy atom. The van der Waals surface area contributed by atoms with Gasteiger partial charge in [-0.1, -0.05) is 18.2 Å². The molecule has 7 heteroatoms. The van der Waals surface area contributed by atoms with E-state index in [0.29, 0.717) is 0 Å². The zero-order chi connectivity index (χ0) is 14.5. The molecule has 1 amide bonds. The van der Waals surface area contributed by atoms with Crippen LogP contribution in [0.1, 0.15) is 19.3 Å². The molecule has 0 bridgehead atoms. The second-order valence-electron chi connectivity index (χ2n) is 5.08. The highest BCUT2D eigenvalue weighted by atomic mass is 16.5. The van der Waals surface area contributed by atoms with Crippen LogP contribution in [-0.2, 0) is 11.3 Å². The van der Waals surface area contributed by atoms with Crippen molar-refractivity contribution in [2.75, 3.05) is 0 Å². The molecule has 1 aromatic heterocycles. The van der Waals surface area contributed by atoms with Crippen LogP contribution in [0.25, 0.3) is 0 Å². The zero-order valence-corrected chi connectivity index (χ0v) is 11.6. The van der Waals surface area contributed by atoms with Gasteiger partial charge >= 0.3 is 0 Å². The van der Waals surface area contributed by atoms with Crippen molar-refractivity contribution in [3.63, 3.8) is 0 Å². The zero-order valence-electron chi connectivity index (χ0n) is 11.6. The number of para-hydroxylation sites is 1. The van der Waals surface area contributed by atoms with E-state index in [9.17, 15) is 4.79 Å². The Labute approximate surface area is 122 Å². The fourth-order valence-corrected chi connectivity index (χ4v) is 2.56. The van der Waals surface area contributed by atoms with E-state index < -0.39 is 0 Å². The lowest BCUT2D eigenvalue weighted by Crippen LogP contribution is -2.43. The van der Waals surface area contributed by atoms with Gasteiger partial charge < -0.3 is 10.1 Å². The third kappa shape index (κ3) is 3.56. The second-order valence-corrected chi connectivity index (χ2v) is 5.08. The molecule has 1 fully saturated rings. The number of hydrogen-bond donors (Lipinski definition) is 1. The molecule has 7 nitrogen and oxygen atoms in total. The molecule has 1 aromatic carbocycles. The van der Waals surface area contributed by atoms with Crippen molar-refractivity contribution in [3.05, 3.63) is 36.7 Å². The molecule has 2 aromatic rings. The topological polar surface area (TPSA) is 81.9 Å². The molecule has 0 spiro atoms. The van der Waals surface area contributed by atoms with E-state index in [-0.39, 0.29) is 24.6 Å². The van der Waals surface area contributed by atoms with Gasteiger partial charge in [0.25, 0.3) is 0 Å². The number of amides is 1. The Morgan fingerprint density at radius 3 is 2.95 bits per heavy atom. The maximum absolute atomic E-state index is 12.0. The number of hydrogen-bond acceptors (Lipinski definition) is 5. The summed E-state index contributed by atoms with van der Waals surface area (Å²) in [5.74, 6) is 0.736. The molecule has 1 aliphatic rings. The Morgan fingerprint density at radius 2 is 2.19 bits per heavy atom. The quantitative estimate of drug-likeness (QED) is 0.879. The minimum atomic E-state index is -0.101. The van der Waals surface area contributed by atoms with Gasteiger partial charge in [0.1, 0.15) is 24.7 Å². The molecule has 1 aliphatic carbocycles.